The maximum absolute atomic E-state index is 13.2. The minimum Gasteiger partial charge on any atom is -0.497 e. The van der Waals surface area contributed by atoms with E-state index in [4.69, 9.17) is 4.74 Å². The lowest BCUT2D eigenvalue weighted by Crippen LogP contribution is -2.29. The van der Waals surface area contributed by atoms with Gasteiger partial charge in [-0.25, -0.2) is 13.1 Å². The third-order valence-corrected chi connectivity index (χ3v) is 7.35. The molecule has 170 valence electrons. The lowest BCUT2D eigenvalue weighted by Gasteiger charge is -2.17. The quantitative estimate of drug-likeness (QED) is 0.618. The van der Waals surface area contributed by atoms with Gasteiger partial charge in [0.05, 0.1) is 35.9 Å². The number of carbonyl (C=O) groups is 2. The fraction of sp³-hybridized carbons (Fsp3) is 0.261. The molecule has 0 bridgehead atoms. The van der Waals surface area contributed by atoms with E-state index in [1.165, 1.54) is 0 Å². The number of nitrogens with zero attached hydrogens (tertiary/aromatic N) is 3. The smallest absolute Gasteiger partial charge is 0.230 e. The van der Waals surface area contributed by atoms with Gasteiger partial charge in [0.25, 0.3) is 0 Å². The Morgan fingerprint density at radius 1 is 1.06 bits per heavy atom. The van der Waals surface area contributed by atoms with Crippen molar-refractivity contribution in [1.29, 1.82) is 0 Å². The molecule has 0 radical (unpaired) electrons. The van der Waals surface area contributed by atoms with Crippen molar-refractivity contribution in [3.8, 4) is 11.4 Å². The number of hydrogen-bond donors (Lipinski definition) is 1. The molecule has 0 saturated carbocycles. The standard InChI is InChI=1S/C23H22N4O5S/c1-32-18-9-7-17(8-10-18)27-22(19-13-33(30,31)14-20(19)25-27)24-23(29)15-11-21(28)26(12-15)16-5-3-2-4-6-16/h2-10,15H,11-14H2,1H3,(H,24,29)/t15-/m0/s1. The Morgan fingerprint density at radius 3 is 2.48 bits per heavy atom. The van der Waals surface area contributed by atoms with Crippen molar-refractivity contribution in [2.24, 2.45) is 5.92 Å². The Hall–Kier alpha value is -3.66. The molecule has 3 heterocycles. The molecular formula is C23H22N4O5S. The van der Waals surface area contributed by atoms with Crippen LogP contribution < -0.4 is 15.0 Å². The van der Waals surface area contributed by atoms with Gasteiger partial charge in [0.2, 0.25) is 11.8 Å². The first-order valence-electron chi connectivity index (χ1n) is 10.5. The molecule has 1 saturated heterocycles. The molecule has 5 rings (SSSR count). The number of hydrogen-bond acceptors (Lipinski definition) is 6. The van der Waals surface area contributed by atoms with Crippen LogP contribution in [0.3, 0.4) is 0 Å². The highest BCUT2D eigenvalue weighted by atomic mass is 32.2. The zero-order chi connectivity index (χ0) is 23.2. The van der Waals surface area contributed by atoms with E-state index in [-0.39, 0.29) is 36.3 Å². The maximum Gasteiger partial charge on any atom is 0.230 e. The number of nitrogens with one attached hydrogen (secondary N) is 1. The average molecular weight is 467 g/mol. The summed E-state index contributed by atoms with van der Waals surface area (Å²) in [6, 6.07) is 16.3. The first-order valence-corrected chi connectivity index (χ1v) is 12.3. The summed E-state index contributed by atoms with van der Waals surface area (Å²) >= 11 is 0. The lowest BCUT2D eigenvalue weighted by molar-refractivity contribution is -0.122. The van der Waals surface area contributed by atoms with Gasteiger partial charge in [0, 0.05) is 24.2 Å². The van der Waals surface area contributed by atoms with Crippen LogP contribution in [0.5, 0.6) is 5.75 Å². The number of rotatable bonds is 5. The van der Waals surface area contributed by atoms with E-state index in [1.54, 1.807) is 41.0 Å². The predicted octanol–water partition coefficient (Wildman–Crippen LogP) is 2.30. The van der Waals surface area contributed by atoms with Crippen LogP contribution in [-0.2, 0) is 30.9 Å². The van der Waals surface area contributed by atoms with Crippen molar-refractivity contribution >= 4 is 33.2 Å². The second kappa shape index (κ2) is 8.04. The van der Waals surface area contributed by atoms with Crippen molar-refractivity contribution in [2.45, 2.75) is 17.9 Å². The topological polar surface area (TPSA) is 111 Å². The van der Waals surface area contributed by atoms with Gasteiger partial charge in [-0.1, -0.05) is 18.2 Å². The zero-order valence-corrected chi connectivity index (χ0v) is 18.7. The number of para-hydroxylation sites is 1. The van der Waals surface area contributed by atoms with E-state index < -0.39 is 15.8 Å². The normalized spacial score (nSPS) is 18.9. The summed E-state index contributed by atoms with van der Waals surface area (Å²) in [5.74, 6) is -0.401. The highest BCUT2D eigenvalue weighted by Crippen LogP contribution is 2.34. The Balaban J connectivity index is 1.44. The van der Waals surface area contributed by atoms with Crippen LogP contribution >= 0.6 is 0 Å². The molecule has 3 aromatic rings. The fourth-order valence-corrected chi connectivity index (χ4v) is 5.73. The van der Waals surface area contributed by atoms with Crippen LogP contribution in [0, 0.1) is 5.92 Å². The molecule has 0 aliphatic carbocycles. The molecule has 2 amide bonds. The van der Waals surface area contributed by atoms with Gasteiger partial charge >= 0.3 is 0 Å². The summed E-state index contributed by atoms with van der Waals surface area (Å²) < 4.78 is 31.1. The first kappa shape index (κ1) is 21.2. The minimum atomic E-state index is -3.31. The second-order valence-electron chi connectivity index (χ2n) is 8.15. The number of aromatic nitrogens is 2. The van der Waals surface area contributed by atoms with Crippen molar-refractivity contribution in [1.82, 2.24) is 9.78 Å². The molecule has 9 nitrogen and oxygen atoms in total. The van der Waals surface area contributed by atoms with Gasteiger partial charge in [-0.3, -0.25) is 9.59 Å². The monoisotopic (exact) mass is 466 g/mol. The summed E-state index contributed by atoms with van der Waals surface area (Å²) in [5.41, 5.74) is 2.32. The molecule has 0 unspecified atom stereocenters. The summed E-state index contributed by atoms with van der Waals surface area (Å²) in [4.78, 5) is 27.3. The fourth-order valence-electron chi connectivity index (χ4n) is 4.24. The van der Waals surface area contributed by atoms with Crippen molar-refractivity contribution in [3.05, 3.63) is 65.9 Å². The van der Waals surface area contributed by atoms with Crippen LogP contribution in [0.2, 0.25) is 0 Å². The van der Waals surface area contributed by atoms with E-state index in [2.05, 4.69) is 10.4 Å². The molecule has 2 aliphatic heterocycles. The van der Waals surface area contributed by atoms with E-state index >= 15 is 0 Å². The van der Waals surface area contributed by atoms with Crippen LogP contribution in [0.25, 0.3) is 5.69 Å². The van der Waals surface area contributed by atoms with Gasteiger partial charge < -0.3 is 15.0 Å². The maximum atomic E-state index is 13.2. The molecule has 2 aliphatic rings. The Bertz CT molecular complexity index is 1330. The van der Waals surface area contributed by atoms with Gasteiger partial charge in [-0.15, -0.1) is 0 Å². The highest BCUT2D eigenvalue weighted by Gasteiger charge is 2.38. The number of carbonyl (C=O) groups excluding carboxylic acids is 2. The summed E-state index contributed by atoms with van der Waals surface area (Å²) in [7, 11) is -1.75. The van der Waals surface area contributed by atoms with Crippen LogP contribution in [-0.4, -0.2) is 43.7 Å². The lowest BCUT2D eigenvalue weighted by atomic mass is 10.1. The molecule has 1 aromatic heterocycles. The molecule has 0 spiro atoms. The number of anilines is 2. The molecule has 1 fully saturated rings. The van der Waals surface area contributed by atoms with E-state index in [1.807, 2.05) is 30.3 Å². The molecule has 1 atom stereocenters. The second-order valence-corrected chi connectivity index (χ2v) is 10.2. The molecule has 1 N–H and O–H groups in total. The van der Waals surface area contributed by atoms with Crippen molar-refractivity contribution in [3.63, 3.8) is 0 Å². The van der Waals surface area contributed by atoms with Crippen molar-refractivity contribution in [2.75, 3.05) is 23.9 Å². The summed E-state index contributed by atoms with van der Waals surface area (Å²) in [6.45, 7) is 0.256. The highest BCUT2D eigenvalue weighted by molar-refractivity contribution is 7.90. The van der Waals surface area contributed by atoms with Crippen LogP contribution in [0.1, 0.15) is 17.7 Å². The Morgan fingerprint density at radius 2 is 1.79 bits per heavy atom. The molecule has 10 heteroatoms. The predicted molar refractivity (Wildman–Crippen MR) is 122 cm³/mol. The number of amides is 2. The number of sulfone groups is 1. The number of benzene rings is 2. The largest absolute Gasteiger partial charge is 0.497 e. The number of ether oxygens (including phenoxy) is 1. The molecular weight excluding hydrogens is 444 g/mol. The third kappa shape index (κ3) is 3.97. The molecule has 2 aromatic carbocycles. The SMILES string of the molecule is COc1ccc(-n2nc3c(c2NC(=O)[C@H]2CC(=O)N(c4ccccc4)C2)CS(=O)(=O)C3)cc1. The van der Waals surface area contributed by atoms with Gasteiger partial charge in [-0.05, 0) is 36.4 Å². The van der Waals surface area contributed by atoms with Crippen LogP contribution in [0.15, 0.2) is 54.6 Å². The van der Waals surface area contributed by atoms with Gasteiger partial charge in [0.15, 0.2) is 9.84 Å². The molecule has 33 heavy (non-hydrogen) atoms. The summed E-state index contributed by atoms with van der Waals surface area (Å²) in [5, 5.41) is 7.35. The van der Waals surface area contributed by atoms with E-state index in [9.17, 15) is 18.0 Å². The number of fused-ring (bicyclic) bond motifs is 1. The van der Waals surface area contributed by atoms with Crippen LogP contribution in [0.4, 0.5) is 11.5 Å². The Kier molecular flexibility index (Phi) is 5.16. The zero-order valence-electron chi connectivity index (χ0n) is 17.9. The summed E-state index contributed by atoms with van der Waals surface area (Å²) in [6.07, 6.45) is 0.0812. The third-order valence-electron chi connectivity index (χ3n) is 5.91. The van der Waals surface area contributed by atoms with E-state index in [0.717, 1.165) is 5.69 Å². The number of methoxy groups -OCH3 is 1. The average Bonchev–Trinajstić information content (AvgIpc) is 3.44. The van der Waals surface area contributed by atoms with E-state index in [0.29, 0.717) is 28.5 Å². The Labute approximate surface area is 190 Å². The van der Waals surface area contributed by atoms with Crippen molar-refractivity contribution < 1.29 is 22.7 Å². The first-order chi connectivity index (χ1) is 15.8. The van der Waals surface area contributed by atoms with Gasteiger partial charge in [0.1, 0.15) is 11.6 Å². The minimum absolute atomic E-state index is 0.0812. The van der Waals surface area contributed by atoms with Gasteiger partial charge in [-0.2, -0.15) is 5.10 Å².